The van der Waals surface area contributed by atoms with Crippen molar-refractivity contribution < 1.29 is 9.59 Å². The number of hydrogen-bond acceptors (Lipinski definition) is 3. The molecule has 0 unspecified atom stereocenters. The molecule has 0 aliphatic heterocycles. The minimum Gasteiger partial charge on any atom is -0.354 e. The van der Waals surface area contributed by atoms with Gasteiger partial charge in [0.25, 0.3) is 0 Å². The van der Waals surface area contributed by atoms with E-state index < -0.39 is 11.5 Å². The van der Waals surface area contributed by atoms with Gasteiger partial charge in [0.15, 0.2) is 0 Å². The van der Waals surface area contributed by atoms with Crippen molar-refractivity contribution in [3.8, 4) is 0 Å². The summed E-state index contributed by atoms with van der Waals surface area (Å²) in [4.78, 5) is 23.7. The highest BCUT2D eigenvalue weighted by Gasteiger charge is 2.26. The van der Waals surface area contributed by atoms with Gasteiger partial charge in [0.05, 0.1) is 12.6 Å². The van der Waals surface area contributed by atoms with Crippen LogP contribution in [-0.4, -0.2) is 30.9 Å². The number of nitrogens with two attached hydrogens (primary N) is 1. The zero-order chi connectivity index (χ0) is 18.5. The van der Waals surface area contributed by atoms with Gasteiger partial charge in [-0.3, -0.25) is 9.59 Å². The maximum Gasteiger partial charge on any atom is 0.239 e. The Hall–Kier alpha value is -1.01. The van der Waals surface area contributed by atoms with Crippen molar-refractivity contribution >= 4 is 47.4 Å². The second-order valence-electron chi connectivity index (χ2n) is 6.74. The van der Waals surface area contributed by atoms with Crippen LogP contribution in [-0.2, 0) is 15.0 Å². The van der Waals surface area contributed by atoms with E-state index >= 15 is 0 Å². The van der Waals surface area contributed by atoms with Gasteiger partial charge in [-0.15, -0.1) is 12.4 Å². The Bertz CT molecular complexity index is 587. The van der Waals surface area contributed by atoms with Crippen LogP contribution < -0.4 is 16.4 Å². The highest BCUT2D eigenvalue weighted by molar-refractivity contribution is 6.36. The molecule has 0 aliphatic carbocycles. The van der Waals surface area contributed by atoms with Crippen molar-refractivity contribution in [3.63, 3.8) is 0 Å². The molecule has 0 aliphatic rings. The van der Waals surface area contributed by atoms with Crippen LogP contribution in [0.25, 0.3) is 0 Å². The zero-order valence-electron chi connectivity index (χ0n) is 14.9. The summed E-state index contributed by atoms with van der Waals surface area (Å²) < 4.78 is 0. The van der Waals surface area contributed by atoms with E-state index in [1.807, 2.05) is 27.7 Å². The van der Waals surface area contributed by atoms with Crippen molar-refractivity contribution in [2.24, 2.45) is 11.7 Å². The first-order valence-electron chi connectivity index (χ1n) is 7.80. The average molecular weight is 411 g/mol. The maximum atomic E-state index is 12.0. The van der Waals surface area contributed by atoms with Gasteiger partial charge >= 0.3 is 0 Å². The fourth-order valence-electron chi connectivity index (χ4n) is 2.20. The fraction of sp³-hybridized carbons (Fsp3) is 0.529. The summed E-state index contributed by atoms with van der Waals surface area (Å²) in [6.07, 6.45) is 0. The van der Waals surface area contributed by atoms with Gasteiger partial charge in [0.1, 0.15) is 0 Å². The van der Waals surface area contributed by atoms with Gasteiger partial charge < -0.3 is 16.4 Å². The van der Waals surface area contributed by atoms with Crippen LogP contribution in [0.3, 0.4) is 0 Å². The van der Waals surface area contributed by atoms with E-state index in [1.54, 1.807) is 18.2 Å². The van der Waals surface area contributed by atoms with Crippen LogP contribution in [0.4, 0.5) is 0 Å². The molecule has 0 spiro atoms. The summed E-state index contributed by atoms with van der Waals surface area (Å²) in [5, 5.41) is 6.43. The van der Waals surface area contributed by atoms with Crippen molar-refractivity contribution in [3.05, 3.63) is 33.8 Å². The molecule has 1 atom stereocenters. The first kappa shape index (κ1) is 24.0. The lowest BCUT2D eigenvalue weighted by atomic mass is 9.84. The third-order valence-corrected chi connectivity index (χ3v) is 4.44. The van der Waals surface area contributed by atoms with Gasteiger partial charge in [0, 0.05) is 22.0 Å². The molecular formula is C17H26Cl3N3O2. The van der Waals surface area contributed by atoms with E-state index in [9.17, 15) is 9.59 Å². The second kappa shape index (κ2) is 10.2. The van der Waals surface area contributed by atoms with Crippen molar-refractivity contribution in [1.82, 2.24) is 10.6 Å². The Kier molecular flexibility index (Phi) is 9.80. The van der Waals surface area contributed by atoms with Crippen LogP contribution in [0, 0.1) is 5.92 Å². The monoisotopic (exact) mass is 409 g/mol. The summed E-state index contributed by atoms with van der Waals surface area (Å²) in [6, 6.07) is 4.67. The van der Waals surface area contributed by atoms with Crippen LogP contribution in [0.15, 0.2) is 18.2 Å². The molecule has 142 valence electrons. The number of benzene rings is 1. The molecule has 1 aromatic carbocycles. The lowest BCUT2D eigenvalue weighted by Gasteiger charge is -2.28. The highest BCUT2D eigenvalue weighted by Crippen LogP contribution is 2.35. The van der Waals surface area contributed by atoms with E-state index in [4.69, 9.17) is 28.9 Å². The molecule has 0 saturated heterocycles. The molecule has 0 bridgehead atoms. The number of halogens is 3. The lowest BCUT2D eigenvalue weighted by molar-refractivity contribution is -0.127. The van der Waals surface area contributed by atoms with E-state index in [-0.39, 0.29) is 36.7 Å². The predicted octanol–water partition coefficient (Wildman–Crippen LogP) is 2.91. The molecule has 1 rings (SSSR count). The van der Waals surface area contributed by atoms with E-state index in [0.29, 0.717) is 16.6 Å². The van der Waals surface area contributed by atoms with Crippen molar-refractivity contribution in [1.29, 1.82) is 0 Å². The molecule has 8 heteroatoms. The minimum atomic E-state index is -0.629. The molecule has 0 radical (unpaired) electrons. The Morgan fingerprint density at radius 3 is 2.16 bits per heavy atom. The van der Waals surface area contributed by atoms with Crippen molar-refractivity contribution in [2.45, 2.75) is 39.2 Å². The Morgan fingerprint density at radius 1 is 1.16 bits per heavy atom. The van der Waals surface area contributed by atoms with Gasteiger partial charge in [-0.1, -0.05) is 57.0 Å². The molecule has 0 saturated carbocycles. The van der Waals surface area contributed by atoms with Crippen LogP contribution in [0.2, 0.25) is 10.0 Å². The third-order valence-electron chi connectivity index (χ3n) is 3.81. The van der Waals surface area contributed by atoms with Gasteiger partial charge in [-0.25, -0.2) is 0 Å². The third kappa shape index (κ3) is 7.02. The van der Waals surface area contributed by atoms with Crippen LogP contribution >= 0.6 is 35.6 Å². The first-order valence-corrected chi connectivity index (χ1v) is 8.56. The largest absolute Gasteiger partial charge is 0.354 e. The molecule has 0 fully saturated rings. The Morgan fingerprint density at radius 2 is 1.68 bits per heavy atom. The number of amides is 2. The molecule has 5 nitrogen and oxygen atoms in total. The topological polar surface area (TPSA) is 84.2 Å². The highest BCUT2D eigenvalue weighted by atomic mass is 35.5. The SMILES string of the molecule is CC(C)[C@H](N)C(=O)NCC(=O)NCC(C)(C)c1c(Cl)cccc1Cl.Cl. The number of nitrogens with one attached hydrogen (secondary N) is 2. The Labute approximate surface area is 165 Å². The maximum absolute atomic E-state index is 12.0. The molecular weight excluding hydrogens is 385 g/mol. The molecule has 25 heavy (non-hydrogen) atoms. The number of carbonyl (C=O) groups excluding carboxylic acids is 2. The smallest absolute Gasteiger partial charge is 0.239 e. The Balaban J connectivity index is 0.00000576. The summed E-state index contributed by atoms with van der Waals surface area (Å²) in [5.41, 5.74) is 6.05. The first-order chi connectivity index (χ1) is 11.1. The van der Waals surface area contributed by atoms with E-state index in [1.165, 1.54) is 0 Å². The van der Waals surface area contributed by atoms with Crippen molar-refractivity contribution in [2.75, 3.05) is 13.1 Å². The normalized spacial score (nSPS) is 12.3. The standard InChI is InChI=1S/C17H25Cl2N3O2.ClH/c1-10(2)15(20)16(24)21-8-13(23)22-9-17(3,4)14-11(18)6-5-7-12(14)19;/h5-7,10,15H,8-9,20H2,1-4H3,(H,21,24)(H,22,23);1H/t15-;/m0./s1. The quantitative estimate of drug-likeness (QED) is 0.646. The summed E-state index contributed by atoms with van der Waals surface area (Å²) >= 11 is 12.5. The van der Waals surface area contributed by atoms with E-state index in [2.05, 4.69) is 10.6 Å². The van der Waals surface area contributed by atoms with Crippen LogP contribution in [0.1, 0.15) is 33.3 Å². The fourth-order valence-corrected chi connectivity index (χ4v) is 3.11. The van der Waals surface area contributed by atoms with Gasteiger partial charge in [-0.2, -0.15) is 0 Å². The summed E-state index contributed by atoms with van der Waals surface area (Å²) in [6.45, 7) is 7.79. The number of rotatable bonds is 7. The molecule has 0 aromatic heterocycles. The van der Waals surface area contributed by atoms with Gasteiger partial charge in [-0.05, 0) is 23.6 Å². The summed E-state index contributed by atoms with van der Waals surface area (Å²) in [7, 11) is 0. The molecule has 4 N–H and O–H groups in total. The number of carbonyl (C=O) groups is 2. The van der Waals surface area contributed by atoms with Crippen LogP contribution in [0.5, 0.6) is 0 Å². The lowest BCUT2D eigenvalue weighted by Crippen LogP contribution is -2.48. The molecule has 0 heterocycles. The minimum absolute atomic E-state index is 0. The zero-order valence-corrected chi connectivity index (χ0v) is 17.2. The molecule has 2 amide bonds. The van der Waals surface area contributed by atoms with Gasteiger partial charge in [0.2, 0.25) is 11.8 Å². The average Bonchev–Trinajstić information content (AvgIpc) is 2.49. The summed E-state index contributed by atoms with van der Waals surface area (Å²) in [5.74, 6) is -0.626. The number of hydrogen-bond donors (Lipinski definition) is 3. The second-order valence-corrected chi connectivity index (χ2v) is 7.56. The molecule has 1 aromatic rings. The predicted molar refractivity (Wildman–Crippen MR) is 106 cm³/mol. The van der Waals surface area contributed by atoms with E-state index in [0.717, 1.165) is 5.56 Å².